The minimum atomic E-state index is -0.886. The number of carbonyl (C=O) groups is 3. The molecule has 1 atom stereocenters. The van der Waals surface area contributed by atoms with Gasteiger partial charge in [0.1, 0.15) is 11.5 Å². The molecule has 1 heterocycles. The molecule has 0 aliphatic carbocycles. The number of aliphatic hydroxyl groups excluding tert-OH is 1. The first kappa shape index (κ1) is 25.7. The first-order chi connectivity index (χ1) is 17.8. The van der Waals surface area contributed by atoms with E-state index < -0.39 is 23.7 Å². The Kier molecular flexibility index (Phi) is 7.43. The number of methoxy groups -OCH3 is 1. The lowest BCUT2D eigenvalue weighted by atomic mass is 9.93. The van der Waals surface area contributed by atoms with Crippen LogP contribution in [0.25, 0.3) is 5.76 Å². The number of benzene rings is 3. The maximum atomic E-state index is 13.4. The lowest BCUT2D eigenvalue weighted by molar-refractivity contribution is -0.132. The van der Waals surface area contributed by atoms with Gasteiger partial charge in [-0.15, -0.1) is 0 Å². The molecular formula is C30H29NO6. The van der Waals surface area contributed by atoms with Crippen molar-refractivity contribution in [2.75, 3.05) is 18.6 Å². The van der Waals surface area contributed by atoms with Gasteiger partial charge in [-0.3, -0.25) is 14.5 Å². The number of rotatable bonds is 7. The van der Waals surface area contributed by atoms with E-state index in [1.807, 2.05) is 51.1 Å². The number of ketones is 1. The number of nitrogens with zero attached hydrogens (tertiary/aromatic N) is 1. The summed E-state index contributed by atoms with van der Waals surface area (Å²) in [5.41, 5.74) is 3.50. The van der Waals surface area contributed by atoms with E-state index in [-0.39, 0.29) is 11.3 Å². The predicted octanol–water partition coefficient (Wildman–Crippen LogP) is 5.51. The molecule has 1 N–H and O–H groups in total. The van der Waals surface area contributed by atoms with Gasteiger partial charge in [0.05, 0.1) is 36.5 Å². The van der Waals surface area contributed by atoms with Crippen molar-refractivity contribution in [3.8, 4) is 5.75 Å². The molecule has 1 fully saturated rings. The number of hydrogen-bond acceptors (Lipinski definition) is 6. The van der Waals surface area contributed by atoms with E-state index in [4.69, 9.17) is 9.47 Å². The third kappa shape index (κ3) is 4.98. The maximum Gasteiger partial charge on any atom is 0.338 e. The molecule has 0 aromatic heterocycles. The van der Waals surface area contributed by atoms with Gasteiger partial charge in [0, 0.05) is 5.69 Å². The Morgan fingerprint density at radius 1 is 0.973 bits per heavy atom. The molecule has 1 unspecified atom stereocenters. The Labute approximate surface area is 215 Å². The van der Waals surface area contributed by atoms with Crippen LogP contribution in [0, 0.1) is 13.8 Å². The van der Waals surface area contributed by atoms with Crippen molar-refractivity contribution in [2.45, 2.75) is 33.2 Å². The molecule has 0 radical (unpaired) electrons. The van der Waals surface area contributed by atoms with Gasteiger partial charge < -0.3 is 14.6 Å². The van der Waals surface area contributed by atoms with Crippen LogP contribution in [-0.2, 0) is 14.3 Å². The lowest BCUT2D eigenvalue weighted by Gasteiger charge is -2.26. The monoisotopic (exact) mass is 499 g/mol. The van der Waals surface area contributed by atoms with Crippen LogP contribution < -0.4 is 9.64 Å². The molecule has 1 saturated heterocycles. The summed E-state index contributed by atoms with van der Waals surface area (Å²) < 4.78 is 10.6. The van der Waals surface area contributed by atoms with E-state index in [9.17, 15) is 19.5 Å². The smallest absolute Gasteiger partial charge is 0.338 e. The normalized spacial score (nSPS) is 16.6. The topological polar surface area (TPSA) is 93.1 Å². The van der Waals surface area contributed by atoms with E-state index in [0.29, 0.717) is 41.2 Å². The van der Waals surface area contributed by atoms with Crippen LogP contribution >= 0.6 is 0 Å². The fourth-order valence-electron chi connectivity index (χ4n) is 4.44. The van der Waals surface area contributed by atoms with Crippen LogP contribution in [0.3, 0.4) is 0 Å². The van der Waals surface area contributed by atoms with Crippen molar-refractivity contribution in [1.82, 2.24) is 0 Å². The highest BCUT2D eigenvalue weighted by atomic mass is 16.5. The molecule has 7 nitrogen and oxygen atoms in total. The Morgan fingerprint density at radius 2 is 1.68 bits per heavy atom. The number of aryl methyl sites for hydroxylation is 2. The van der Waals surface area contributed by atoms with E-state index in [1.165, 1.54) is 12.0 Å². The second-order valence-corrected chi connectivity index (χ2v) is 8.97. The summed E-state index contributed by atoms with van der Waals surface area (Å²) in [6.07, 6.45) is 0.705. The summed E-state index contributed by atoms with van der Waals surface area (Å²) in [6.45, 7) is 5.99. The van der Waals surface area contributed by atoms with Gasteiger partial charge in [0.2, 0.25) is 0 Å². The number of aliphatic hydroxyl groups is 1. The van der Waals surface area contributed by atoms with Crippen molar-refractivity contribution in [2.24, 2.45) is 0 Å². The minimum absolute atomic E-state index is 0.0362. The van der Waals surface area contributed by atoms with Crippen LogP contribution in [0.2, 0.25) is 0 Å². The van der Waals surface area contributed by atoms with Gasteiger partial charge in [-0.2, -0.15) is 0 Å². The molecular weight excluding hydrogens is 470 g/mol. The molecule has 0 spiro atoms. The summed E-state index contributed by atoms with van der Waals surface area (Å²) in [5.74, 6) is -1.97. The molecule has 190 valence electrons. The molecule has 3 aromatic rings. The maximum absolute atomic E-state index is 13.4. The Morgan fingerprint density at radius 3 is 2.32 bits per heavy atom. The van der Waals surface area contributed by atoms with E-state index in [0.717, 1.165) is 11.1 Å². The number of Topliss-reactive ketones (excluding diaryl/α,β-unsaturated/α-hetero) is 1. The first-order valence-electron chi connectivity index (χ1n) is 12.1. The highest BCUT2D eigenvalue weighted by molar-refractivity contribution is 6.51. The summed E-state index contributed by atoms with van der Waals surface area (Å²) in [5, 5.41) is 11.4. The molecule has 4 rings (SSSR count). The molecule has 0 bridgehead atoms. The Balaban J connectivity index is 1.87. The third-order valence-corrected chi connectivity index (χ3v) is 6.23. The average molecular weight is 500 g/mol. The minimum Gasteiger partial charge on any atom is -0.507 e. The fraction of sp³-hybridized carbons (Fsp3) is 0.233. The van der Waals surface area contributed by atoms with E-state index >= 15 is 0 Å². The number of amides is 1. The zero-order valence-electron chi connectivity index (χ0n) is 21.3. The van der Waals surface area contributed by atoms with Crippen LogP contribution in [0.1, 0.15) is 52.0 Å². The average Bonchev–Trinajstić information content (AvgIpc) is 3.17. The number of hydrogen-bond donors (Lipinski definition) is 1. The van der Waals surface area contributed by atoms with Gasteiger partial charge >= 0.3 is 5.97 Å². The zero-order valence-corrected chi connectivity index (χ0v) is 21.3. The number of ether oxygens (including phenoxy) is 2. The highest BCUT2D eigenvalue weighted by Crippen LogP contribution is 2.43. The van der Waals surface area contributed by atoms with Crippen LogP contribution in [0.4, 0.5) is 5.69 Å². The highest BCUT2D eigenvalue weighted by Gasteiger charge is 2.47. The molecule has 1 aliphatic heterocycles. The molecule has 1 amide bonds. The molecule has 37 heavy (non-hydrogen) atoms. The second kappa shape index (κ2) is 10.7. The summed E-state index contributed by atoms with van der Waals surface area (Å²) in [4.78, 5) is 40.4. The van der Waals surface area contributed by atoms with Crippen LogP contribution in [-0.4, -0.2) is 36.5 Å². The Hall–Kier alpha value is -4.39. The van der Waals surface area contributed by atoms with Gasteiger partial charge in [-0.1, -0.05) is 48.4 Å². The number of esters is 1. The fourth-order valence-corrected chi connectivity index (χ4v) is 4.44. The summed E-state index contributed by atoms with van der Waals surface area (Å²) in [6, 6.07) is 18.1. The summed E-state index contributed by atoms with van der Waals surface area (Å²) >= 11 is 0. The number of carbonyl (C=O) groups excluding carboxylic acids is 3. The van der Waals surface area contributed by atoms with Crippen molar-refractivity contribution < 1.29 is 29.0 Å². The third-order valence-electron chi connectivity index (χ3n) is 6.23. The molecule has 0 saturated carbocycles. The van der Waals surface area contributed by atoms with Crippen LogP contribution in [0.15, 0.2) is 72.3 Å². The van der Waals surface area contributed by atoms with Gasteiger partial charge in [-0.25, -0.2) is 4.79 Å². The van der Waals surface area contributed by atoms with E-state index in [1.54, 1.807) is 36.4 Å². The number of anilines is 1. The largest absolute Gasteiger partial charge is 0.507 e. The van der Waals surface area contributed by atoms with E-state index in [2.05, 4.69) is 0 Å². The van der Waals surface area contributed by atoms with Crippen LogP contribution in [0.5, 0.6) is 5.75 Å². The summed E-state index contributed by atoms with van der Waals surface area (Å²) in [7, 11) is 1.48. The molecule has 1 aliphatic rings. The molecule has 3 aromatic carbocycles. The quantitative estimate of drug-likeness (QED) is 0.200. The van der Waals surface area contributed by atoms with Crippen molar-refractivity contribution in [1.29, 1.82) is 0 Å². The SMILES string of the molecule is CCCOC(=O)c1ccc(N2C(=O)C(=O)/C(=C(/O)c3cc(C)ccc3OC)C2c2cccc(C)c2)cc1. The second-order valence-electron chi connectivity index (χ2n) is 8.97. The Bertz CT molecular complexity index is 1390. The molecule has 7 heteroatoms. The van der Waals surface area contributed by atoms with Gasteiger partial charge in [0.15, 0.2) is 0 Å². The predicted molar refractivity (Wildman–Crippen MR) is 141 cm³/mol. The van der Waals surface area contributed by atoms with Gasteiger partial charge in [-0.05, 0) is 62.2 Å². The zero-order chi connectivity index (χ0) is 26.7. The van der Waals surface area contributed by atoms with Gasteiger partial charge in [0.25, 0.3) is 11.7 Å². The standard InChI is InChI=1S/C30H29NO6/c1-5-15-37-30(35)20-10-12-22(13-11-20)31-26(21-8-6-7-18(2)16-21)25(28(33)29(31)34)27(32)23-17-19(3)9-14-24(23)36-4/h6-14,16-17,26,32H,5,15H2,1-4H3/b27-25+. The first-order valence-corrected chi connectivity index (χ1v) is 12.1. The van der Waals surface area contributed by atoms with Crippen molar-refractivity contribution >= 4 is 29.1 Å². The van der Waals surface area contributed by atoms with Crippen molar-refractivity contribution in [3.63, 3.8) is 0 Å². The lowest BCUT2D eigenvalue weighted by Crippen LogP contribution is -2.29. The van der Waals surface area contributed by atoms with Crippen molar-refractivity contribution in [3.05, 3.63) is 100 Å².